The van der Waals surface area contributed by atoms with E-state index in [1.54, 1.807) is 13.3 Å². The third-order valence-electron chi connectivity index (χ3n) is 3.45. The lowest BCUT2D eigenvalue weighted by Gasteiger charge is -2.12. The Morgan fingerprint density at radius 3 is 2.75 bits per heavy atom. The Morgan fingerprint density at radius 2 is 2.00 bits per heavy atom. The molecule has 2 N–H and O–H groups in total. The van der Waals surface area contributed by atoms with Crippen molar-refractivity contribution in [2.45, 2.75) is 19.4 Å². The van der Waals surface area contributed by atoms with Gasteiger partial charge in [-0.15, -0.1) is 0 Å². The number of rotatable bonds is 9. The maximum Gasteiger partial charge on any atom is 0.190 e. The molecule has 6 heteroatoms. The zero-order valence-corrected chi connectivity index (χ0v) is 14.7. The molecule has 0 amide bonds. The van der Waals surface area contributed by atoms with Crippen LogP contribution >= 0.6 is 11.6 Å². The van der Waals surface area contributed by atoms with E-state index in [0.717, 1.165) is 48.2 Å². The van der Waals surface area contributed by atoms with Gasteiger partial charge in [0.25, 0.3) is 0 Å². The Balaban J connectivity index is 1.55. The molecule has 0 saturated carbocycles. The second-order valence-corrected chi connectivity index (χ2v) is 5.66. The van der Waals surface area contributed by atoms with Gasteiger partial charge in [-0.1, -0.05) is 29.8 Å². The number of furan rings is 1. The third-order valence-corrected chi connectivity index (χ3v) is 3.82. The van der Waals surface area contributed by atoms with Gasteiger partial charge in [0.1, 0.15) is 12.4 Å². The van der Waals surface area contributed by atoms with Gasteiger partial charge < -0.3 is 19.8 Å². The average molecular weight is 350 g/mol. The van der Waals surface area contributed by atoms with Crippen LogP contribution < -0.4 is 10.6 Å². The second kappa shape index (κ2) is 10.7. The summed E-state index contributed by atoms with van der Waals surface area (Å²) >= 11 is 6.15. The van der Waals surface area contributed by atoms with Gasteiger partial charge in [-0.3, -0.25) is 4.99 Å². The minimum Gasteiger partial charge on any atom is -0.467 e. The minimum absolute atomic E-state index is 0.512. The van der Waals surface area contributed by atoms with Crippen LogP contribution in [0.3, 0.4) is 0 Å². The van der Waals surface area contributed by atoms with Crippen molar-refractivity contribution in [3.63, 3.8) is 0 Å². The molecule has 2 aromatic rings. The molecule has 2 rings (SSSR count). The number of hydrogen-bond donors (Lipinski definition) is 2. The number of hydrogen-bond acceptors (Lipinski definition) is 3. The first kappa shape index (κ1) is 18.4. The van der Waals surface area contributed by atoms with Crippen molar-refractivity contribution in [2.24, 2.45) is 4.99 Å². The summed E-state index contributed by atoms with van der Waals surface area (Å²) < 4.78 is 10.7. The molecule has 0 saturated heterocycles. The van der Waals surface area contributed by atoms with Gasteiger partial charge in [-0.05, 0) is 36.6 Å². The van der Waals surface area contributed by atoms with Gasteiger partial charge in [0, 0.05) is 31.8 Å². The lowest BCUT2D eigenvalue weighted by atomic mass is 10.1. The van der Waals surface area contributed by atoms with E-state index in [1.165, 1.54) is 0 Å². The monoisotopic (exact) mass is 349 g/mol. The van der Waals surface area contributed by atoms with E-state index >= 15 is 0 Å². The van der Waals surface area contributed by atoms with Crippen molar-refractivity contribution in [2.75, 3.05) is 26.7 Å². The van der Waals surface area contributed by atoms with E-state index in [2.05, 4.69) is 15.6 Å². The first-order valence-electron chi connectivity index (χ1n) is 8.07. The van der Waals surface area contributed by atoms with E-state index in [-0.39, 0.29) is 0 Å². The topological polar surface area (TPSA) is 58.8 Å². The van der Waals surface area contributed by atoms with Crippen LogP contribution in [0.1, 0.15) is 17.7 Å². The molecular weight excluding hydrogens is 326 g/mol. The molecule has 24 heavy (non-hydrogen) atoms. The fourth-order valence-corrected chi connectivity index (χ4v) is 2.42. The van der Waals surface area contributed by atoms with Gasteiger partial charge in [0.15, 0.2) is 5.96 Å². The zero-order chi connectivity index (χ0) is 17.0. The zero-order valence-electron chi connectivity index (χ0n) is 13.9. The molecule has 130 valence electrons. The van der Waals surface area contributed by atoms with Gasteiger partial charge >= 0.3 is 0 Å². The number of ether oxygens (including phenoxy) is 1. The molecule has 1 heterocycles. The van der Waals surface area contributed by atoms with Crippen LogP contribution in [0.15, 0.2) is 52.1 Å². The van der Waals surface area contributed by atoms with Crippen molar-refractivity contribution in [3.05, 3.63) is 59.0 Å². The van der Waals surface area contributed by atoms with Crippen LogP contribution in [0.2, 0.25) is 5.02 Å². The summed E-state index contributed by atoms with van der Waals surface area (Å²) in [5.74, 6) is 1.63. The highest BCUT2D eigenvalue weighted by Gasteiger charge is 2.01. The molecule has 1 aromatic carbocycles. The summed E-state index contributed by atoms with van der Waals surface area (Å²) in [5, 5.41) is 7.35. The van der Waals surface area contributed by atoms with Gasteiger partial charge in [-0.25, -0.2) is 0 Å². The minimum atomic E-state index is 0.512. The summed E-state index contributed by atoms with van der Waals surface area (Å²) in [6.07, 6.45) is 3.40. The SMILES string of the molecule is CN=C(NCCCOCc1ccco1)NCCc1ccccc1Cl. The summed E-state index contributed by atoms with van der Waals surface area (Å²) in [4.78, 5) is 4.21. The molecule has 0 spiro atoms. The van der Waals surface area contributed by atoms with Crippen LogP contribution in [-0.2, 0) is 17.8 Å². The number of nitrogens with one attached hydrogen (secondary N) is 2. The Labute approximate surface area is 148 Å². The van der Waals surface area contributed by atoms with E-state index < -0.39 is 0 Å². The largest absolute Gasteiger partial charge is 0.467 e. The Morgan fingerprint density at radius 1 is 1.17 bits per heavy atom. The molecule has 0 unspecified atom stereocenters. The summed E-state index contributed by atoms with van der Waals surface area (Å²) in [6, 6.07) is 11.6. The second-order valence-electron chi connectivity index (χ2n) is 5.25. The van der Waals surface area contributed by atoms with E-state index in [0.29, 0.717) is 13.2 Å². The highest BCUT2D eigenvalue weighted by molar-refractivity contribution is 6.31. The van der Waals surface area contributed by atoms with Crippen molar-refractivity contribution in [1.82, 2.24) is 10.6 Å². The van der Waals surface area contributed by atoms with E-state index in [4.69, 9.17) is 20.8 Å². The van der Waals surface area contributed by atoms with Gasteiger partial charge in [0.2, 0.25) is 0 Å². The molecule has 0 atom stereocenters. The highest BCUT2D eigenvalue weighted by atomic mass is 35.5. The smallest absolute Gasteiger partial charge is 0.190 e. The van der Waals surface area contributed by atoms with Crippen molar-refractivity contribution < 1.29 is 9.15 Å². The standard InChI is InChI=1S/C18H24ClN3O2/c1-20-18(22-11-9-15-6-2-3-8-17(15)19)21-10-5-12-23-14-16-7-4-13-24-16/h2-4,6-8,13H,5,9-12,14H2,1H3,(H2,20,21,22). The Kier molecular flexibility index (Phi) is 8.21. The molecular formula is C18H24ClN3O2. The van der Waals surface area contributed by atoms with Crippen LogP contribution in [-0.4, -0.2) is 32.7 Å². The van der Waals surface area contributed by atoms with Crippen molar-refractivity contribution >= 4 is 17.6 Å². The summed E-state index contributed by atoms with van der Waals surface area (Å²) in [5.41, 5.74) is 1.13. The first-order chi connectivity index (χ1) is 11.8. The van der Waals surface area contributed by atoms with Crippen LogP contribution in [0, 0.1) is 0 Å². The highest BCUT2D eigenvalue weighted by Crippen LogP contribution is 2.14. The van der Waals surface area contributed by atoms with Gasteiger partial charge in [-0.2, -0.15) is 0 Å². The fraction of sp³-hybridized carbons (Fsp3) is 0.389. The van der Waals surface area contributed by atoms with Crippen molar-refractivity contribution in [1.29, 1.82) is 0 Å². The number of benzene rings is 1. The van der Waals surface area contributed by atoms with Gasteiger partial charge in [0.05, 0.1) is 6.26 Å². The third kappa shape index (κ3) is 6.64. The molecule has 0 aliphatic carbocycles. The summed E-state index contributed by atoms with van der Waals surface area (Å²) in [7, 11) is 1.76. The molecule has 0 aliphatic heterocycles. The fourth-order valence-electron chi connectivity index (χ4n) is 2.19. The molecule has 5 nitrogen and oxygen atoms in total. The lowest BCUT2D eigenvalue weighted by molar-refractivity contribution is 0.105. The lowest BCUT2D eigenvalue weighted by Crippen LogP contribution is -2.39. The number of guanidine groups is 1. The van der Waals surface area contributed by atoms with Crippen LogP contribution in [0.5, 0.6) is 0 Å². The first-order valence-corrected chi connectivity index (χ1v) is 8.45. The maximum atomic E-state index is 6.15. The molecule has 0 bridgehead atoms. The molecule has 0 aliphatic rings. The predicted octanol–water partition coefficient (Wildman–Crippen LogP) is 3.25. The number of aliphatic imine (C=N–C) groups is 1. The van der Waals surface area contributed by atoms with E-state index in [1.807, 2.05) is 36.4 Å². The van der Waals surface area contributed by atoms with Crippen LogP contribution in [0.25, 0.3) is 0 Å². The summed E-state index contributed by atoms with van der Waals surface area (Å²) in [6.45, 7) is 2.75. The Hall–Kier alpha value is -1.98. The van der Waals surface area contributed by atoms with Crippen LogP contribution in [0.4, 0.5) is 0 Å². The molecule has 1 aromatic heterocycles. The Bertz CT molecular complexity index is 614. The maximum absolute atomic E-state index is 6.15. The van der Waals surface area contributed by atoms with Crippen molar-refractivity contribution in [3.8, 4) is 0 Å². The quantitative estimate of drug-likeness (QED) is 0.414. The normalized spacial score (nSPS) is 11.5. The average Bonchev–Trinajstić information content (AvgIpc) is 3.11. The molecule has 0 radical (unpaired) electrons. The van der Waals surface area contributed by atoms with E-state index in [9.17, 15) is 0 Å². The predicted molar refractivity (Wildman–Crippen MR) is 97.5 cm³/mol. The number of halogens is 1. The molecule has 0 fully saturated rings. The number of nitrogens with zero attached hydrogens (tertiary/aromatic N) is 1.